The van der Waals surface area contributed by atoms with Gasteiger partial charge in [-0.25, -0.2) is 0 Å². The van der Waals surface area contributed by atoms with Gasteiger partial charge < -0.3 is 15.7 Å². The standard InChI is InChI=1S/C15H21N3O2S/c1-17-7-2-8-18(10-14(17)20)9-13(19)11-3-5-12(6-4-11)15(16)21/h3-6,13,19H,2,7-10H2,1H3,(H2,16,21). The average Bonchev–Trinajstić information content (AvgIpc) is 2.61. The summed E-state index contributed by atoms with van der Waals surface area (Å²) in [7, 11) is 1.82. The lowest BCUT2D eigenvalue weighted by Crippen LogP contribution is -2.36. The highest BCUT2D eigenvalue weighted by Crippen LogP contribution is 2.16. The van der Waals surface area contributed by atoms with E-state index >= 15 is 0 Å². The fourth-order valence-corrected chi connectivity index (χ4v) is 2.56. The van der Waals surface area contributed by atoms with E-state index in [1.165, 1.54) is 0 Å². The Kier molecular flexibility index (Phi) is 5.27. The van der Waals surface area contributed by atoms with Crippen molar-refractivity contribution in [2.24, 2.45) is 5.73 Å². The predicted octanol–water partition coefficient (Wildman–Crippen LogP) is 0.518. The number of thiocarbonyl (C=S) groups is 1. The summed E-state index contributed by atoms with van der Waals surface area (Å²) in [5.41, 5.74) is 7.14. The van der Waals surface area contributed by atoms with Crippen LogP contribution in [0.2, 0.25) is 0 Å². The number of aliphatic hydroxyl groups is 1. The van der Waals surface area contributed by atoms with Crippen LogP contribution in [-0.2, 0) is 4.79 Å². The van der Waals surface area contributed by atoms with Crippen molar-refractivity contribution in [3.63, 3.8) is 0 Å². The Morgan fingerprint density at radius 3 is 2.67 bits per heavy atom. The monoisotopic (exact) mass is 307 g/mol. The van der Waals surface area contributed by atoms with Gasteiger partial charge in [-0.2, -0.15) is 0 Å². The first-order chi connectivity index (χ1) is 9.97. The minimum Gasteiger partial charge on any atom is -0.389 e. The smallest absolute Gasteiger partial charge is 0.236 e. The zero-order chi connectivity index (χ0) is 15.4. The summed E-state index contributed by atoms with van der Waals surface area (Å²) in [5.74, 6) is 0.100. The third-order valence-electron chi connectivity index (χ3n) is 3.76. The van der Waals surface area contributed by atoms with E-state index in [4.69, 9.17) is 18.0 Å². The van der Waals surface area contributed by atoms with E-state index in [2.05, 4.69) is 0 Å². The van der Waals surface area contributed by atoms with Gasteiger partial charge >= 0.3 is 0 Å². The average molecular weight is 307 g/mol. The number of benzene rings is 1. The fourth-order valence-electron chi connectivity index (χ4n) is 2.42. The fraction of sp³-hybridized carbons (Fsp3) is 0.467. The van der Waals surface area contributed by atoms with E-state index in [1.807, 2.05) is 36.2 Å². The Labute approximate surface area is 130 Å². The Morgan fingerprint density at radius 2 is 2.05 bits per heavy atom. The zero-order valence-corrected chi connectivity index (χ0v) is 13.0. The van der Waals surface area contributed by atoms with Crippen molar-refractivity contribution >= 4 is 23.1 Å². The van der Waals surface area contributed by atoms with Gasteiger partial charge in [0.2, 0.25) is 5.91 Å². The molecule has 6 heteroatoms. The highest BCUT2D eigenvalue weighted by atomic mass is 32.1. The highest BCUT2D eigenvalue weighted by Gasteiger charge is 2.21. The maximum atomic E-state index is 11.8. The molecule has 1 amide bonds. The number of nitrogens with two attached hydrogens (primary N) is 1. The molecule has 0 aliphatic carbocycles. The van der Waals surface area contributed by atoms with Crippen LogP contribution in [0.25, 0.3) is 0 Å². The topological polar surface area (TPSA) is 69.8 Å². The van der Waals surface area contributed by atoms with Gasteiger partial charge in [0, 0.05) is 32.2 Å². The number of likely N-dealkylation sites (N-methyl/N-ethyl adjacent to an activating group) is 1. The van der Waals surface area contributed by atoms with Crippen LogP contribution in [-0.4, -0.2) is 59.0 Å². The van der Waals surface area contributed by atoms with Crippen molar-refractivity contribution in [2.75, 3.05) is 33.2 Å². The second kappa shape index (κ2) is 6.98. The minimum absolute atomic E-state index is 0.100. The highest BCUT2D eigenvalue weighted by molar-refractivity contribution is 7.80. The Balaban J connectivity index is 1.98. The Hall–Kier alpha value is -1.50. The molecule has 1 fully saturated rings. The lowest BCUT2D eigenvalue weighted by Gasteiger charge is -2.22. The summed E-state index contributed by atoms with van der Waals surface area (Å²) >= 11 is 4.91. The van der Waals surface area contributed by atoms with Crippen molar-refractivity contribution < 1.29 is 9.90 Å². The van der Waals surface area contributed by atoms with Gasteiger partial charge in [0.1, 0.15) is 4.99 Å². The molecule has 114 valence electrons. The van der Waals surface area contributed by atoms with E-state index in [0.717, 1.165) is 30.6 Å². The van der Waals surface area contributed by atoms with Crippen molar-refractivity contribution in [3.05, 3.63) is 35.4 Å². The van der Waals surface area contributed by atoms with Crippen molar-refractivity contribution in [2.45, 2.75) is 12.5 Å². The number of amides is 1. The summed E-state index contributed by atoms with van der Waals surface area (Å²) in [6.45, 7) is 2.40. The molecule has 1 aromatic rings. The second-order valence-corrected chi connectivity index (χ2v) is 5.85. The SMILES string of the molecule is CN1CCCN(CC(O)c2ccc(C(N)=S)cc2)CC1=O. The largest absolute Gasteiger partial charge is 0.389 e. The molecule has 1 unspecified atom stereocenters. The number of hydrogen-bond acceptors (Lipinski definition) is 4. The van der Waals surface area contributed by atoms with Gasteiger partial charge in [0.05, 0.1) is 12.6 Å². The summed E-state index contributed by atoms with van der Waals surface area (Å²) in [6, 6.07) is 7.26. The van der Waals surface area contributed by atoms with E-state index in [-0.39, 0.29) is 5.91 Å². The van der Waals surface area contributed by atoms with Crippen LogP contribution in [0.15, 0.2) is 24.3 Å². The minimum atomic E-state index is -0.624. The van der Waals surface area contributed by atoms with Crippen molar-refractivity contribution in [1.82, 2.24) is 9.80 Å². The van der Waals surface area contributed by atoms with Crippen LogP contribution in [0, 0.1) is 0 Å². The number of carbonyl (C=O) groups is 1. The molecule has 0 aromatic heterocycles. The normalized spacial score (nSPS) is 18.4. The van der Waals surface area contributed by atoms with Gasteiger partial charge in [-0.1, -0.05) is 36.5 Å². The molecule has 0 spiro atoms. The molecule has 1 saturated heterocycles. The Bertz CT molecular complexity index is 518. The number of carbonyl (C=O) groups excluding carboxylic acids is 1. The molecular weight excluding hydrogens is 286 g/mol. The van der Waals surface area contributed by atoms with E-state index in [0.29, 0.717) is 18.1 Å². The Morgan fingerprint density at radius 1 is 1.38 bits per heavy atom. The number of rotatable bonds is 4. The van der Waals surface area contributed by atoms with Crippen LogP contribution >= 0.6 is 12.2 Å². The van der Waals surface area contributed by atoms with E-state index < -0.39 is 6.10 Å². The molecule has 3 N–H and O–H groups in total. The van der Waals surface area contributed by atoms with Crippen molar-refractivity contribution in [3.8, 4) is 0 Å². The summed E-state index contributed by atoms with van der Waals surface area (Å²) < 4.78 is 0. The molecule has 1 atom stereocenters. The van der Waals surface area contributed by atoms with Gasteiger partial charge in [0.15, 0.2) is 0 Å². The number of β-amino-alcohol motifs (C(OH)–C–C–N with tert-alkyl or cyclic N) is 1. The summed E-state index contributed by atoms with van der Waals surface area (Å²) in [4.78, 5) is 15.9. The summed E-state index contributed by atoms with van der Waals surface area (Å²) in [5, 5.41) is 10.3. The van der Waals surface area contributed by atoms with Gasteiger partial charge in [-0.3, -0.25) is 9.69 Å². The van der Waals surface area contributed by atoms with Crippen LogP contribution in [0.3, 0.4) is 0 Å². The maximum absolute atomic E-state index is 11.8. The lowest BCUT2D eigenvalue weighted by atomic mass is 10.1. The number of hydrogen-bond donors (Lipinski definition) is 2. The molecule has 1 aliphatic rings. The first-order valence-corrected chi connectivity index (χ1v) is 7.42. The van der Waals surface area contributed by atoms with Crippen LogP contribution < -0.4 is 5.73 Å². The lowest BCUT2D eigenvalue weighted by molar-refractivity contribution is -0.130. The molecule has 5 nitrogen and oxygen atoms in total. The molecular formula is C15H21N3O2S. The number of aliphatic hydroxyl groups excluding tert-OH is 1. The van der Waals surface area contributed by atoms with Crippen LogP contribution in [0.4, 0.5) is 0 Å². The van der Waals surface area contributed by atoms with Gasteiger partial charge in [-0.05, 0) is 12.0 Å². The van der Waals surface area contributed by atoms with Gasteiger partial charge in [0.25, 0.3) is 0 Å². The molecule has 1 heterocycles. The molecule has 1 aliphatic heterocycles. The molecule has 2 rings (SSSR count). The molecule has 0 radical (unpaired) electrons. The zero-order valence-electron chi connectivity index (χ0n) is 12.2. The van der Waals surface area contributed by atoms with Crippen molar-refractivity contribution in [1.29, 1.82) is 0 Å². The first-order valence-electron chi connectivity index (χ1n) is 7.01. The summed E-state index contributed by atoms with van der Waals surface area (Å²) in [6.07, 6.45) is 0.302. The van der Waals surface area contributed by atoms with Gasteiger partial charge in [-0.15, -0.1) is 0 Å². The second-order valence-electron chi connectivity index (χ2n) is 5.41. The molecule has 0 saturated carbocycles. The van der Waals surface area contributed by atoms with E-state index in [9.17, 15) is 9.90 Å². The molecule has 1 aromatic carbocycles. The predicted molar refractivity (Wildman–Crippen MR) is 86.0 cm³/mol. The first kappa shape index (κ1) is 15.9. The maximum Gasteiger partial charge on any atom is 0.236 e. The third-order valence-corrected chi connectivity index (χ3v) is 4.00. The van der Waals surface area contributed by atoms with Crippen LogP contribution in [0.1, 0.15) is 23.7 Å². The van der Waals surface area contributed by atoms with Crippen LogP contribution in [0.5, 0.6) is 0 Å². The molecule has 21 heavy (non-hydrogen) atoms. The van der Waals surface area contributed by atoms with E-state index in [1.54, 1.807) is 4.90 Å². The number of nitrogens with zero attached hydrogens (tertiary/aromatic N) is 2. The third kappa shape index (κ3) is 4.23. The quantitative estimate of drug-likeness (QED) is 0.794. The molecule has 0 bridgehead atoms.